The van der Waals surface area contributed by atoms with Crippen LogP contribution in [0.1, 0.15) is 39.5 Å². The van der Waals surface area contributed by atoms with Crippen LogP contribution in [-0.4, -0.2) is 58.3 Å². The molecule has 2 bridgehead atoms. The van der Waals surface area contributed by atoms with E-state index in [0.717, 1.165) is 11.8 Å². The molecule has 2 aromatic rings. The molecule has 0 unspecified atom stereocenters. The molecule has 3 fully saturated rings. The summed E-state index contributed by atoms with van der Waals surface area (Å²) >= 11 is 1.36. The second-order valence-electron chi connectivity index (χ2n) is 9.59. The highest BCUT2D eigenvalue weighted by molar-refractivity contribution is 8.00. The van der Waals surface area contributed by atoms with Crippen molar-refractivity contribution >= 4 is 23.6 Å². The number of anilines is 1. The van der Waals surface area contributed by atoms with Crippen molar-refractivity contribution in [2.24, 2.45) is 17.8 Å². The zero-order valence-corrected chi connectivity index (χ0v) is 20.1. The number of carbonyl (C=O) groups is 1. The van der Waals surface area contributed by atoms with Crippen LogP contribution in [0.3, 0.4) is 0 Å². The third-order valence-corrected chi connectivity index (χ3v) is 8.48. The molecule has 1 amide bonds. The second kappa shape index (κ2) is 9.62. The summed E-state index contributed by atoms with van der Waals surface area (Å²) in [5.74, 6) is 2.55. The lowest BCUT2D eigenvalue weighted by atomic mass is 9.84. The molecule has 1 aromatic heterocycles. The SMILES string of the molecule is C[C@H](Sc1nnc(N2CCOCC2)n1-c1cccc(F)c1)C(=O)N[C@H](C)[C@H]1C[C@H]2CC[C@H]1C2. The van der Waals surface area contributed by atoms with Crippen molar-refractivity contribution in [3.63, 3.8) is 0 Å². The zero-order valence-electron chi connectivity index (χ0n) is 19.2. The van der Waals surface area contributed by atoms with E-state index in [0.29, 0.717) is 49.0 Å². The van der Waals surface area contributed by atoms with Crippen molar-refractivity contribution in [1.29, 1.82) is 0 Å². The maximum absolute atomic E-state index is 14.1. The van der Waals surface area contributed by atoms with Gasteiger partial charge in [0.25, 0.3) is 0 Å². The van der Waals surface area contributed by atoms with Gasteiger partial charge in [-0.05, 0) is 69.1 Å². The minimum atomic E-state index is -0.347. The Morgan fingerprint density at radius 3 is 2.73 bits per heavy atom. The van der Waals surface area contributed by atoms with Gasteiger partial charge in [0.1, 0.15) is 5.82 Å². The molecule has 5 atom stereocenters. The van der Waals surface area contributed by atoms with Crippen molar-refractivity contribution in [2.75, 3.05) is 31.2 Å². The molecule has 2 heterocycles. The number of thioether (sulfide) groups is 1. The van der Waals surface area contributed by atoms with Crippen LogP contribution in [0.5, 0.6) is 0 Å². The lowest BCUT2D eigenvalue weighted by Crippen LogP contribution is -2.43. The van der Waals surface area contributed by atoms with Gasteiger partial charge in [-0.1, -0.05) is 24.2 Å². The Morgan fingerprint density at radius 1 is 1.21 bits per heavy atom. The van der Waals surface area contributed by atoms with Crippen LogP contribution in [-0.2, 0) is 9.53 Å². The first kappa shape index (κ1) is 22.7. The number of rotatable bonds is 7. The summed E-state index contributed by atoms with van der Waals surface area (Å²) in [6.45, 7) is 6.64. The Morgan fingerprint density at radius 2 is 2.03 bits per heavy atom. The van der Waals surface area contributed by atoms with E-state index in [-0.39, 0.29) is 23.0 Å². The molecule has 5 rings (SSSR count). The number of nitrogens with one attached hydrogen (secondary N) is 1. The van der Waals surface area contributed by atoms with Crippen LogP contribution in [0, 0.1) is 23.6 Å². The van der Waals surface area contributed by atoms with Crippen LogP contribution in [0.2, 0.25) is 0 Å². The number of carbonyl (C=O) groups excluding carboxylic acids is 1. The summed E-state index contributed by atoms with van der Waals surface area (Å²) in [6, 6.07) is 6.58. The van der Waals surface area contributed by atoms with E-state index in [1.54, 1.807) is 6.07 Å². The first-order chi connectivity index (χ1) is 16.0. The normalized spacial score (nSPS) is 26.4. The van der Waals surface area contributed by atoms with Crippen LogP contribution < -0.4 is 10.2 Å². The number of hydrogen-bond acceptors (Lipinski definition) is 6. The smallest absolute Gasteiger partial charge is 0.233 e. The van der Waals surface area contributed by atoms with E-state index in [1.807, 2.05) is 17.6 Å². The Hall–Kier alpha value is -2.13. The lowest BCUT2D eigenvalue weighted by molar-refractivity contribution is -0.121. The Kier molecular flexibility index (Phi) is 6.60. The van der Waals surface area contributed by atoms with Crippen LogP contribution in [0.25, 0.3) is 5.69 Å². The number of morpholine rings is 1. The maximum Gasteiger partial charge on any atom is 0.233 e. The number of nitrogens with zero attached hydrogens (tertiary/aromatic N) is 4. The average Bonchev–Trinajstić information content (AvgIpc) is 3.55. The number of ether oxygens (including phenoxy) is 1. The van der Waals surface area contributed by atoms with Gasteiger partial charge >= 0.3 is 0 Å². The highest BCUT2D eigenvalue weighted by Crippen LogP contribution is 2.49. The Labute approximate surface area is 198 Å². The first-order valence-corrected chi connectivity index (χ1v) is 12.9. The number of benzene rings is 1. The van der Waals surface area contributed by atoms with E-state index in [1.165, 1.54) is 49.6 Å². The van der Waals surface area contributed by atoms with Crippen molar-refractivity contribution < 1.29 is 13.9 Å². The Bertz CT molecular complexity index is 995. The molecule has 178 valence electrons. The fraction of sp³-hybridized carbons (Fsp3) is 0.625. The minimum absolute atomic E-state index is 0.0111. The van der Waals surface area contributed by atoms with Gasteiger partial charge in [-0.3, -0.25) is 9.36 Å². The predicted octanol–water partition coefficient (Wildman–Crippen LogP) is 3.66. The fourth-order valence-electron chi connectivity index (χ4n) is 5.71. The van der Waals surface area contributed by atoms with E-state index >= 15 is 0 Å². The van der Waals surface area contributed by atoms with E-state index < -0.39 is 0 Å². The summed E-state index contributed by atoms with van der Waals surface area (Å²) < 4.78 is 21.4. The molecule has 3 aliphatic rings. The van der Waals surface area contributed by atoms with Gasteiger partial charge in [0.05, 0.1) is 24.2 Å². The van der Waals surface area contributed by atoms with Gasteiger partial charge in [-0.25, -0.2) is 4.39 Å². The highest BCUT2D eigenvalue weighted by atomic mass is 32.2. The molecule has 1 N–H and O–H groups in total. The van der Waals surface area contributed by atoms with Gasteiger partial charge in [0, 0.05) is 19.1 Å². The Balaban J connectivity index is 1.32. The van der Waals surface area contributed by atoms with Gasteiger partial charge in [-0.15, -0.1) is 10.2 Å². The standard InChI is InChI=1S/C24H32FN5O2S/c1-15(21-13-17-6-7-18(21)12-17)26-22(31)16(2)33-24-28-27-23(29-8-10-32-11-9-29)30(24)20-5-3-4-19(25)14-20/h3-5,14-18,21H,6-13H2,1-2H3,(H,26,31)/t15-,16+,17+,18+,21-/m1/s1. The van der Waals surface area contributed by atoms with Crippen molar-refractivity contribution in [3.8, 4) is 5.69 Å². The van der Waals surface area contributed by atoms with Crippen molar-refractivity contribution in [1.82, 2.24) is 20.1 Å². The predicted molar refractivity (Wildman–Crippen MR) is 126 cm³/mol. The summed E-state index contributed by atoms with van der Waals surface area (Å²) in [6.07, 6.45) is 5.23. The number of halogens is 1. The lowest BCUT2D eigenvalue weighted by Gasteiger charge is -2.29. The molecule has 1 saturated heterocycles. The largest absolute Gasteiger partial charge is 0.378 e. The molecule has 1 aromatic carbocycles. The molecule has 0 spiro atoms. The number of aromatic nitrogens is 3. The molecule has 1 aliphatic heterocycles. The minimum Gasteiger partial charge on any atom is -0.378 e. The highest BCUT2D eigenvalue weighted by Gasteiger charge is 2.42. The molecule has 7 nitrogen and oxygen atoms in total. The number of fused-ring (bicyclic) bond motifs is 2. The van der Waals surface area contributed by atoms with Crippen molar-refractivity contribution in [3.05, 3.63) is 30.1 Å². The molecule has 0 radical (unpaired) electrons. The monoisotopic (exact) mass is 473 g/mol. The van der Waals surface area contributed by atoms with E-state index in [4.69, 9.17) is 4.74 Å². The zero-order chi connectivity index (χ0) is 22.9. The maximum atomic E-state index is 14.1. The number of amides is 1. The first-order valence-electron chi connectivity index (χ1n) is 12.0. The molecular weight excluding hydrogens is 441 g/mol. The van der Waals surface area contributed by atoms with E-state index in [2.05, 4.69) is 27.3 Å². The van der Waals surface area contributed by atoms with Crippen LogP contribution >= 0.6 is 11.8 Å². The molecular formula is C24H32FN5O2S. The molecule has 9 heteroatoms. The van der Waals surface area contributed by atoms with Gasteiger partial charge < -0.3 is 15.0 Å². The summed E-state index contributed by atoms with van der Waals surface area (Å²) in [4.78, 5) is 15.1. The van der Waals surface area contributed by atoms with E-state index in [9.17, 15) is 9.18 Å². The van der Waals surface area contributed by atoms with Crippen LogP contribution in [0.15, 0.2) is 29.4 Å². The second-order valence-corrected chi connectivity index (χ2v) is 10.9. The molecule has 2 saturated carbocycles. The van der Waals surface area contributed by atoms with Gasteiger partial charge in [0.2, 0.25) is 11.9 Å². The summed E-state index contributed by atoms with van der Waals surface area (Å²) in [7, 11) is 0. The molecule has 33 heavy (non-hydrogen) atoms. The van der Waals surface area contributed by atoms with Gasteiger partial charge in [-0.2, -0.15) is 0 Å². The third-order valence-electron chi connectivity index (χ3n) is 7.43. The summed E-state index contributed by atoms with van der Waals surface area (Å²) in [5.41, 5.74) is 0.645. The quantitative estimate of drug-likeness (QED) is 0.619. The van der Waals surface area contributed by atoms with Crippen molar-refractivity contribution in [2.45, 2.75) is 56.0 Å². The van der Waals surface area contributed by atoms with Gasteiger partial charge in [0.15, 0.2) is 5.16 Å². The fourth-order valence-corrected chi connectivity index (χ4v) is 6.59. The molecule has 2 aliphatic carbocycles. The summed E-state index contributed by atoms with van der Waals surface area (Å²) in [5, 5.41) is 12.3. The average molecular weight is 474 g/mol. The third kappa shape index (κ3) is 4.75. The number of hydrogen-bond donors (Lipinski definition) is 1. The topological polar surface area (TPSA) is 72.3 Å². The van der Waals surface area contributed by atoms with Crippen LogP contribution in [0.4, 0.5) is 10.3 Å².